The zero-order valence-electron chi connectivity index (χ0n) is 13.8. The largest absolute Gasteiger partial charge is 0.417 e. The molecule has 1 aliphatic heterocycles. The van der Waals surface area contributed by atoms with Gasteiger partial charge in [0.1, 0.15) is 0 Å². The molecule has 3 N–H and O–H groups in total. The summed E-state index contributed by atoms with van der Waals surface area (Å²) in [4.78, 5) is 24.3. The van der Waals surface area contributed by atoms with Crippen LogP contribution in [0.25, 0.3) is 0 Å². The van der Waals surface area contributed by atoms with Gasteiger partial charge in [-0.15, -0.1) is 0 Å². The molecular formula is C17H19ClF3N3O2. The van der Waals surface area contributed by atoms with Gasteiger partial charge in [0.15, 0.2) is 0 Å². The average molecular weight is 390 g/mol. The fourth-order valence-corrected chi connectivity index (χ4v) is 3.71. The average Bonchev–Trinajstić information content (AvgIpc) is 2.56. The summed E-state index contributed by atoms with van der Waals surface area (Å²) in [6, 6.07) is 2.68. The van der Waals surface area contributed by atoms with E-state index in [1.54, 1.807) is 0 Å². The second-order valence-corrected chi connectivity index (χ2v) is 7.08. The highest BCUT2D eigenvalue weighted by atomic mass is 35.5. The predicted octanol–water partition coefficient (Wildman–Crippen LogP) is 3.09. The third-order valence-corrected chi connectivity index (χ3v) is 5.10. The summed E-state index contributed by atoms with van der Waals surface area (Å²) in [5.74, 6) is -0.794. The lowest BCUT2D eigenvalue weighted by molar-refractivity contribution is -0.137. The van der Waals surface area contributed by atoms with Gasteiger partial charge in [-0.05, 0) is 31.0 Å². The zero-order valence-corrected chi connectivity index (χ0v) is 14.6. The first-order chi connectivity index (χ1) is 12.2. The highest BCUT2D eigenvalue weighted by Gasteiger charge is 2.37. The lowest BCUT2D eigenvalue weighted by atomic mass is 9.87. The standard InChI is InChI=1S/C17H19ClF3N3O2/c18-11-6-5-9(7-10(11)17(19,20)21)22-15(25)8-14-16(26)24-13-4-2-1-3-12(13)23-14/h5-7,12-14,23H,1-4,8H2,(H,22,25)(H,24,26)/t12-,13+,14-/m1/s1. The van der Waals surface area contributed by atoms with Crippen LogP contribution in [0, 0.1) is 0 Å². The van der Waals surface area contributed by atoms with Crippen LogP contribution < -0.4 is 16.0 Å². The van der Waals surface area contributed by atoms with Gasteiger partial charge >= 0.3 is 6.18 Å². The van der Waals surface area contributed by atoms with E-state index in [0.29, 0.717) is 0 Å². The van der Waals surface area contributed by atoms with E-state index in [-0.39, 0.29) is 30.1 Å². The molecule has 5 nitrogen and oxygen atoms in total. The van der Waals surface area contributed by atoms with Crippen molar-refractivity contribution in [3.8, 4) is 0 Å². The van der Waals surface area contributed by atoms with E-state index in [4.69, 9.17) is 11.6 Å². The summed E-state index contributed by atoms with van der Waals surface area (Å²) in [6.07, 6.45) is -0.805. The van der Waals surface area contributed by atoms with Gasteiger partial charge in [-0.2, -0.15) is 13.2 Å². The van der Waals surface area contributed by atoms with Gasteiger partial charge in [0.25, 0.3) is 0 Å². The maximum atomic E-state index is 12.9. The Morgan fingerprint density at radius 1 is 1.23 bits per heavy atom. The number of carbonyl (C=O) groups is 2. The number of benzene rings is 1. The van der Waals surface area contributed by atoms with Gasteiger partial charge in [-0.3, -0.25) is 9.59 Å². The van der Waals surface area contributed by atoms with Crippen LogP contribution in [0.1, 0.15) is 37.7 Å². The molecule has 26 heavy (non-hydrogen) atoms. The van der Waals surface area contributed by atoms with Gasteiger partial charge < -0.3 is 16.0 Å². The Hall–Kier alpha value is -1.80. The molecule has 0 aromatic heterocycles. The lowest BCUT2D eigenvalue weighted by Crippen LogP contribution is -2.65. The molecular weight excluding hydrogens is 371 g/mol. The van der Waals surface area contributed by atoms with Crippen LogP contribution in [0.2, 0.25) is 5.02 Å². The number of alkyl halides is 3. The number of rotatable bonds is 3. The third kappa shape index (κ3) is 4.29. The van der Waals surface area contributed by atoms with Crippen molar-refractivity contribution in [2.24, 2.45) is 0 Å². The minimum atomic E-state index is -4.61. The molecule has 9 heteroatoms. The van der Waals surface area contributed by atoms with E-state index < -0.39 is 28.7 Å². The molecule has 0 bridgehead atoms. The molecule has 0 radical (unpaired) electrons. The highest BCUT2D eigenvalue weighted by molar-refractivity contribution is 6.31. The topological polar surface area (TPSA) is 70.2 Å². The Morgan fingerprint density at radius 2 is 1.92 bits per heavy atom. The number of fused-ring (bicyclic) bond motifs is 1. The van der Waals surface area contributed by atoms with Crippen molar-refractivity contribution in [2.45, 2.75) is 56.4 Å². The van der Waals surface area contributed by atoms with Gasteiger partial charge in [0.05, 0.1) is 23.0 Å². The molecule has 0 spiro atoms. The summed E-state index contributed by atoms with van der Waals surface area (Å²) in [6.45, 7) is 0. The normalized spacial score (nSPS) is 26.0. The van der Waals surface area contributed by atoms with Gasteiger partial charge in [0.2, 0.25) is 11.8 Å². The number of carbonyl (C=O) groups excluding carboxylic acids is 2. The SMILES string of the molecule is O=C(C[C@H]1N[C@@H]2CCCC[C@@H]2NC1=O)Nc1ccc(Cl)c(C(F)(F)F)c1. The fraction of sp³-hybridized carbons (Fsp3) is 0.529. The minimum Gasteiger partial charge on any atom is -0.350 e. The molecule has 1 saturated heterocycles. The second-order valence-electron chi connectivity index (χ2n) is 6.67. The van der Waals surface area contributed by atoms with Crippen molar-refractivity contribution in [2.75, 3.05) is 5.32 Å². The highest BCUT2D eigenvalue weighted by Crippen LogP contribution is 2.36. The zero-order chi connectivity index (χ0) is 18.9. The van der Waals surface area contributed by atoms with Gasteiger partial charge in [0, 0.05) is 17.8 Å². The monoisotopic (exact) mass is 389 g/mol. The summed E-state index contributed by atoms with van der Waals surface area (Å²) in [7, 11) is 0. The van der Waals surface area contributed by atoms with Crippen LogP contribution in [0.15, 0.2) is 18.2 Å². The number of halogens is 4. The van der Waals surface area contributed by atoms with E-state index in [2.05, 4.69) is 16.0 Å². The summed E-state index contributed by atoms with van der Waals surface area (Å²) in [5, 5.41) is 8.09. The Balaban J connectivity index is 1.63. The fourth-order valence-electron chi connectivity index (χ4n) is 3.49. The molecule has 2 aliphatic rings. The first-order valence-electron chi connectivity index (χ1n) is 8.47. The Kier molecular flexibility index (Phi) is 5.43. The van der Waals surface area contributed by atoms with E-state index >= 15 is 0 Å². The lowest BCUT2D eigenvalue weighted by Gasteiger charge is -2.40. The third-order valence-electron chi connectivity index (χ3n) is 4.77. The number of nitrogens with one attached hydrogen (secondary N) is 3. The molecule has 3 atom stereocenters. The van der Waals surface area contributed by atoms with Gasteiger partial charge in [-0.1, -0.05) is 24.4 Å². The first-order valence-corrected chi connectivity index (χ1v) is 8.85. The Bertz CT molecular complexity index is 711. The molecule has 2 fully saturated rings. The van der Waals surface area contributed by atoms with E-state index in [9.17, 15) is 22.8 Å². The number of hydrogen-bond acceptors (Lipinski definition) is 3. The van der Waals surface area contributed by atoms with Crippen LogP contribution in [0.4, 0.5) is 18.9 Å². The van der Waals surface area contributed by atoms with Crippen molar-refractivity contribution in [3.05, 3.63) is 28.8 Å². The number of piperazine rings is 1. The van der Waals surface area contributed by atoms with Crippen molar-refractivity contribution < 1.29 is 22.8 Å². The van der Waals surface area contributed by atoms with Crippen LogP contribution in [-0.4, -0.2) is 29.9 Å². The van der Waals surface area contributed by atoms with Crippen LogP contribution in [0.3, 0.4) is 0 Å². The van der Waals surface area contributed by atoms with Crippen LogP contribution in [-0.2, 0) is 15.8 Å². The Labute approximate surface area is 153 Å². The van der Waals surface area contributed by atoms with Crippen LogP contribution >= 0.6 is 11.6 Å². The van der Waals surface area contributed by atoms with Gasteiger partial charge in [-0.25, -0.2) is 0 Å². The quantitative estimate of drug-likeness (QED) is 0.744. The second kappa shape index (κ2) is 7.44. The van der Waals surface area contributed by atoms with Crippen molar-refractivity contribution in [1.82, 2.24) is 10.6 Å². The number of anilines is 1. The molecule has 3 rings (SSSR count). The number of amides is 2. The van der Waals surface area contributed by atoms with E-state index in [1.165, 1.54) is 6.07 Å². The van der Waals surface area contributed by atoms with Crippen molar-refractivity contribution >= 4 is 29.1 Å². The maximum absolute atomic E-state index is 12.9. The molecule has 1 heterocycles. The minimum absolute atomic E-state index is 0.0153. The molecule has 142 valence electrons. The van der Waals surface area contributed by atoms with E-state index in [1.807, 2.05) is 0 Å². The summed E-state index contributed by atoms with van der Waals surface area (Å²) < 4.78 is 38.7. The molecule has 2 amide bonds. The molecule has 0 unspecified atom stereocenters. The number of hydrogen-bond donors (Lipinski definition) is 3. The Morgan fingerprint density at radius 3 is 2.62 bits per heavy atom. The summed E-state index contributed by atoms with van der Waals surface area (Å²) >= 11 is 5.56. The summed E-state index contributed by atoms with van der Waals surface area (Å²) in [5.41, 5.74) is -1.03. The van der Waals surface area contributed by atoms with Crippen molar-refractivity contribution in [3.63, 3.8) is 0 Å². The molecule has 1 aliphatic carbocycles. The predicted molar refractivity (Wildman–Crippen MR) is 90.8 cm³/mol. The molecule has 1 aromatic carbocycles. The molecule has 1 aromatic rings. The first kappa shape index (κ1) is 19.0. The molecule has 1 saturated carbocycles. The van der Waals surface area contributed by atoms with E-state index in [0.717, 1.165) is 37.8 Å². The van der Waals surface area contributed by atoms with Crippen molar-refractivity contribution in [1.29, 1.82) is 0 Å². The smallest absolute Gasteiger partial charge is 0.350 e. The maximum Gasteiger partial charge on any atom is 0.417 e. The van der Waals surface area contributed by atoms with Crippen LogP contribution in [0.5, 0.6) is 0 Å².